The fourth-order valence-corrected chi connectivity index (χ4v) is 2.11. The van der Waals surface area contributed by atoms with Gasteiger partial charge in [-0.3, -0.25) is 19.7 Å². The molecule has 0 spiro atoms. The average molecular weight is 331 g/mol. The van der Waals surface area contributed by atoms with Gasteiger partial charge in [-0.25, -0.2) is 4.39 Å². The Kier molecular flexibility index (Phi) is 5.20. The van der Waals surface area contributed by atoms with E-state index in [0.717, 1.165) is 6.07 Å². The molecule has 0 aromatic heterocycles. The Morgan fingerprint density at radius 3 is 2.54 bits per heavy atom. The number of rotatable bonds is 5. The van der Waals surface area contributed by atoms with Crippen molar-refractivity contribution in [1.82, 2.24) is 0 Å². The molecule has 0 aliphatic rings. The van der Waals surface area contributed by atoms with E-state index in [2.05, 4.69) is 10.6 Å². The number of hydrogen-bond donors (Lipinski definition) is 2. The molecule has 0 unspecified atom stereocenters. The maximum atomic E-state index is 13.6. The Balaban J connectivity index is 2.13. The van der Waals surface area contributed by atoms with E-state index in [0.29, 0.717) is 0 Å². The minimum absolute atomic E-state index is 0.0639. The number of nitro benzene ring substituents is 1. The lowest BCUT2D eigenvalue weighted by Gasteiger charge is -2.09. The fraction of sp³-hybridized carbons (Fsp3) is 0.125. The molecule has 124 valence electrons. The first-order valence-electron chi connectivity index (χ1n) is 6.96. The number of halogens is 1. The lowest BCUT2D eigenvalue weighted by Crippen LogP contribution is -2.16. The van der Waals surface area contributed by atoms with Crippen molar-refractivity contribution in [3.8, 4) is 0 Å². The van der Waals surface area contributed by atoms with E-state index in [4.69, 9.17) is 0 Å². The van der Waals surface area contributed by atoms with Crippen LogP contribution in [0.15, 0.2) is 42.5 Å². The van der Waals surface area contributed by atoms with Crippen molar-refractivity contribution in [3.05, 3.63) is 64.0 Å². The first kappa shape index (κ1) is 17.1. The lowest BCUT2D eigenvalue weighted by molar-refractivity contribution is -0.385. The summed E-state index contributed by atoms with van der Waals surface area (Å²) >= 11 is 0. The first-order valence-corrected chi connectivity index (χ1v) is 6.96. The highest BCUT2D eigenvalue weighted by atomic mass is 19.1. The predicted molar refractivity (Wildman–Crippen MR) is 86.1 cm³/mol. The average Bonchev–Trinajstić information content (AvgIpc) is 2.50. The lowest BCUT2D eigenvalue weighted by atomic mass is 10.1. The minimum atomic E-state index is -0.637. The Labute approximate surface area is 136 Å². The Morgan fingerprint density at radius 1 is 1.17 bits per heavy atom. The largest absolute Gasteiger partial charge is 0.326 e. The molecule has 2 amide bonds. The van der Waals surface area contributed by atoms with E-state index in [-0.39, 0.29) is 29.0 Å². The third-order valence-electron chi connectivity index (χ3n) is 3.10. The molecule has 0 fully saturated rings. The van der Waals surface area contributed by atoms with Crippen molar-refractivity contribution in [3.63, 3.8) is 0 Å². The molecule has 0 radical (unpaired) electrons. The van der Waals surface area contributed by atoms with Crippen LogP contribution in [0.4, 0.5) is 21.5 Å². The van der Waals surface area contributed by atoms with Crippen LogP contribution in [0.2, 0.25) is 0 Å². The van der Waals surface area contributed by atoms with Crippen LogP contribution in [-0.2, 0) is 16.0 Å². The van der Waals surface area contributed by atoms with Crippen LogP contribution in [0.5, 0.6) is 0 Å². The number of anilines is 2. The van der Waals surface area contributed by atoms with Gasteiger partial charge in [-0.1, -0.05) is 18.2 Å². The molecule has 2 N–H and O–H groups in total. The summed E-state index contributed by atoms with van der Waals surface area (Å²) in [6, 6.07) is 9.62. The molecule has 0 heterocycles. The van der Waals surface area contributed by atoms with Crippen molar-refractivity contribution >= 4 is 28.9 Å². The number of nitrogens with zero attached hydrogens (tertiary/aromatic N) is 1. The molecule has 2 aromatic carbocycles. The Morgan fingerprint density at radius 2 is 1.88 bits per heavy atom. The second-order valence-corrected chi connectivity index (χ2v) is 4.99. The molecular weight excluding hydrogens is 317 g/mol. The molecular formula is C16H14FN3O4. The van der Waals surface area contributed by atoms with E-state index < -0.39 is 22.6 Å². The third kappa shape index (κ3) is 4.35. The van der Waals surface area contributed by atoms with E-state index >= 15 is 0 Å². The van der Waals surface area contributed by atoms with Gasteiger partial charge in [0.15, 0.2) is 0 Å². The van der Waals surface area contributed by atoms with E-state index in [1.807, 2.05) is 0 Å². The summed E-state index contributed by atoms with van der Waals surface area (Å²) in [6.07, 6.45) is -0.204. The first-order chi connectivity index (χ1) is 11.4. The monoisotopic (exact) mass is 331 g/mol. The third-order valence-corrected chi connectivity index (χ3v) is 3.10. The number of nitrogens with one attached hydrogen (secondary N) is 2. The highest BCUT2D eigenvalue weighted by Gasteiger charge is 2.16. The van der Waals surface area contributed by atoms with Gasteiger partial charge in [0.25, 0.3) is 5.69 Å². The Hall–Kier alpha value is -3.29. The molecule has 0 saturated carbocycles. The summed E-state index contributed by atoms with van der Waals surface area (Å²) in [5.74, 6) is -1.58. The van der Waals surface area contributed by atoms with Crippen LogP contribution in [0.3, 0.4) is 0 Å². The van der Waals surface area contributed by atoms with Crippen molar-refractivity contribution in [2.75, 3.05) is 10.6 Å². The molecule has 0 bridgehead atoms. The molecule has 2 aromatic rings. The topological polar surface area (TPSA) is 101 Å². The van der Waals surface area contributed by atoms with Gasteiger partial charge in [0, 0.05) is 24.2 Å². The van der Waals surface area contributed by atoms with Gasteiger partial charge in [-0.15, -0.1) is 0 Å². The van der Waals surface area contributed by atoms with Gasteiger partial charge in [-0.2, -0.15) is 0 Å². The van der Waals surface area contributed by atoms with Crippen molar-refractivity contribution < 1.29 is 18.9 Å². The maximum absolute atomic E-state index is 13.6. The molecule has 0 saturated heterocycles. The van der Waals surface area contributed by atoms with E-state index in [1.54, 1.807) is 6.07 Å². The maximum Gasteiger partial charge on any atom is 0.273 e. The fourth-order valence-electron chi connectivity index (χ4n) is 2.11. The zero-order chi connectivity index (χ0) is 17.7. The second kappa shape index (κ2) is 7.32. The summed E-state index contributed by atoms with van der Waals surface area (Å²) in [4.78, 5) is 33.5. The standard InChI is InChI=1S/C16H14FN3O4/c1-10(21)18-14-9-12(6-7-13(14)17)19-16(22)8-11-4-2-3-5-15(11)20(23)24/h2-7,9H,8H2,1H3,(H,18,21)(H,19,22). The van der Waals surface area contributed by atoms with E-state index in [1.165, 1.54) is 37.3 Å². The molecule has 8 heteroatoms. The van der Waals surface area contributed by atoms with Gasteiger partial charge >= 0.3 is 0 Å². The minimum Gasteiger partial charge on any atom is -0.326 e. The number of carbonyl (C=O) groups is 2. The van der Waals surface area contributed by atoms with Gasteiger partial charge in [0.2, 0.25) is 11.8 Å². The SMILES string of the molecule is CC(=O)Nc1cc(NC(=O)Cc2ccccc2[N+](=O)[O-])ccc1F. The number of benzene rings is 2. The van der Waals surface area contributed by atoms with Gasteiger partial charge in [0.1, 0.15) is 5.82 Å². The number of nitro groups is 1. The summed E-state index contributed by atoms with van der Waals surface area (Å²) in [6.45, 7) is 1.24. The zero-order valence-electron chi connectivity index (χ0n) is 12.7. The zero-order valence-corrected chi connectivity index (χ0v) is 12.7. The summed E-state index contributed by atoms with van der Waals surface area (Å²) in [7, 11) is 0. The molecule has 0 aliphatic carbocycles. The van der Waals surface area contributed by atoms with Gasteiger partial charge < -0.3 is 10.6 Å². The highest BCUT2D eigenvalue weighted by molar-refractivity contribution is 5.94. The van der Waals surface area contributed by atoms with Crippen LogP contribution in [0.1, 0.15) is 12.5 Å². The summed E-state index contributed by atoms with van der Waals surface area (Å²) in [5.41, 5.74) is 0.324. The summed E-state index contributed by atoms with van der Waals surface area (Å²) < 4.78 is 13.6. The van der Waals surface area contributed by atoms with Gasteiger partial charge in [0.05, 0.1) is 17.0 Å². The van der Waals surface area contributed by atoms with Gasteiger partial charge in [-0.05, 0) is 18.2 Å². The van der Waals surface area contributed by atoms with Crippen LogP contribution in [0, 0.1) is 15.9 Å². The molecule has 2 rings (SSSR count). The van der Waals surface area contributed by atoms with E-state index in [9.17, 15) is 24.1 Å². The molecule has 24 heavy (non-hydrogen) atoms. The van der Waals surface area contributed by atoms with Crippen LogP contribution < -0.4 is 10.6 Å². The van der Waals surface area contributed by atoms with Crippen LogP contribution in [-0.4, -0.2) is 16.7 Å². The summed E-state index contributed by atoms with van der Waals surface area (Å²) in [5, 5.41) is 15.8. The molecule has 0 atom stereocenters. The predicted octanol–water partition coefficient (Wildman–Crippen LogP) is 2.87. The number of amides is 2. The smallest absolute Gasteiger partial charge is 0.273 e. The molecule has 7 nitrogen and oxygen atoms in total. The second-order valence-electron chi connectivity index (χ2n) is 4.99. The normalized spacial score (nSPS) is 10.1. The Bertz CT molecular complexity index is 808. The number of hydrogen-bond acceptors (Lipinski definition) is 4. The van der Waals surface area contributed by atoms with Crippen LogP contribution in [0.25, 0.3) is 0 Å². The van der Waals surface area contributed by atoms with Crippen molar-refractivity contribution in [2.45, 2.75) is 13.3 Å². The highest BCUT2D eigenvalue weighted by Crippen LogP contribution is 2.21. The van der Waals surface area contributed by atoms with Crippen molar-refractivity contribution in [1.29, 1.82) is 0 Å². The number of para-hydroxylation sites is 1. The van der Waals surface area contributed by atoms with Crippen molar-refractivity contribution in [2.24, 2.45) is 0 Å². The van der Waals surface area contributed by atoms with Crippen LogP contribution >= 0.6 is 0 Å². The number of carbonyl (C=O) groups excluding carboxylic acids is 2. The molecule has 0 aliphatic heterocycles. The quantitative estimate of drug-likeness (QED) is 0.649.